The van der Waals surface area contributed by atoms with Crippen molar-refractivity contribution >= 4 is 22.4 Å². The zero-order chi connectivity index (χ0) is 15.3. The molecule has 8 heteroatoms. The fraction of sp³-hybridized carbons (Fsp3) is 0.571. The van der Waals surface area contributed by atoms with E-state index in [0.717, 1.165) is 19.6 Å². The zero-order valence-electron chi connectivity index (χ0n) is 12.7. The standard InChI is InChI=1S/C14H23N3O3S.ClH/c1-16-12-6-8-17(9-7-12)10-11-20-13-2-4-14(5-3-13)21(15,18)19;/h2-5,12,16H,6-11H2,1H3,(H2,15,18,19);1H. The van der Waals surface area contributed by atoms with Crippen molar-refractivity contribution in [1.82, 2.24) is 10.2 Å². The Morgan fingerprint density at radius 3 is 2.36 bits per heavy atom. The third-order valence-corrected chi connectivity index (χ3v) is 4.75. The van der Waals surface area contributed by atoms with Crippen molar-refractivity contribution in [2.45, 2.75) is 23.8 Å². The van der Waals surface area contributed by atoms with Gasteiger partial charge in [0, 0.05) is 12.6 Å². The van der Waals surface area contributed by atoms with Crippen LogP contribution in [-0.2, 0) is 10.0 Å². The summed E-state index contributed by atoms with van der Waals surface area (Å²) in [5, 5.41) is 8.35. The summed E-state index contributed by atoms with van der Waals surface area (Å²) in [6, 6.07) is 6.82. The van der Waals surface area contributed by atoms with Crippen molar-refractivity contribution in [2.75, 3.05) is 33.3 Å². The molecule has 0 aliphatic carbocycles. The molecule has 0 spiro atoms. The quantitative estimate of drug-likeness (QED) is 0.794. The molecule has 1 aromatic rings. The number of nitrogens with zero attached hydrogens (tertiary/aromatic N) is 1. The highest BCUT2D eigenvalue weighted by Crippen LogP contribution is 2.15. The predicted octanol–water partition coefficient (Wildman–Crippen LogP) is 0.818. The zero-order valence-corrected chi connectivity index (χ0v) is 14.3. The predicted molar refractivity (Wildman–Crippen MR) is 89.1 cm³/mol. The summed E-state index contributed by atoms with van der Waals surface area (Å²) in [7, 11) is -1.63. The Morgan fingerprint density at radius 1 is 1.27 bits per heavy atom. The van der Waals surface area contributed by atoms with Gasteiger partial charge in [0.15, 0.2) is 0 Å². The Hall–Kier alpha value is -0.860. The molecule has 3 N–H and O–H groups in total. The molecule has 0 atom stereocenters. The smallest absolute Gasteiger partial charge is 0.238 e. The molecule has 0 unspecified atom stereocenters. The molecule has 0 aromatic heterocycles. The number of primary sulfonamides is 1. The Morgan fingerprint density at radius 2 is 1.86 bits per heavy atom. The molecule has 22 heavy (non-hydrogen) atoms. The number of likely N-dealkylation sites (tertiary alicyclic amines) is 1. The van der Waals surface area contributed by atoms with Crippen LogP contribution in [0.4, 0.5) is 0 Å². The molecule has 1 saturated heterocycles. The van der Waals surface area contributed by atoms with E-state index >= 15 is 0 Å². The Labute approximate surface area is 138 Å². The molecule has 0 bridgehead atoms. The van der Waals surface area contributed by atoms with E-state index in [4.69, 9.17) is 9.88 Å². The molecule has 1 aromatic carbocycles. The fourth-order valence-corrected chi connectivity index (χ4v) is 2.98. The van der Waals surface area contributed by atoms with Gasteiger partial charge in [-0.05, 0) is 57.2 Å². The number of piperidine rings is 1. The van der Waals surface area contributed by atoms with E-state index < -0.39 is 10.0 Å². The second-order valence-electron chi connectivity index (χ2n) is 5.27. The van der Waals surface area contributed by atoms with Gasteiger partial charge in [-0.15, -0.1) is 12.4 Å². The lowest BCUT2D eigenvalue weighted by molar-refractivity contribution is 0.167. The summed E-state index contributed by atoms with van der Waals surface area (Å²) in [5.74, 6) is 0.660. The monoisotopic (exact) mass is 349 g/mol. The van der Waals surface area contributed by atoms with E-state index in [1.807, 2.05) is 7.05 Å². The Kier molecular flexibility index (Phi) is 7.58. The van der Waals surface area contributed by atoms with Crippen LogP contribution in [0.5, 0.6) is 5.75 Å². The summed E-state index contributed by atoms with van der Waals surface area (Å²) in [6.07, 6.45) is 2.33. The summed E-state index contributed by atoms with van der Waals surface area (Å²) in [6.45, 7) is 3.64. The first-order chi connectivity index (χ1) is 9.99. The number of hydrogen-bond donors (Lipinski definition) is 2. The summed E-state index contributed by atoms with van der Waals surface area (Å²) in [5.41, 5.74) is 0. The first-order valence-electron chi connectivity index (χ1n) is 7.14. The number of nitrogens with two attached hydrogens (primary N) is 1. The van der Waals surface area contributed by atoms with Gasteiger partial charge in [-0.3, -0.25) is 4.90 Å². The molecule has 0 radical (unpaired) electrons. The number of benzene rings is 1. The fourth-order valence-electron chi connectivity index (χ4n) is 2.46. The summed E-state index contributed by atoms with van der Waals surface area (Å²) in [4.78, 5) is 2.48. The number of ether oxygens (including phenoxy) is 1. The van der Waals surface area contributed by atoms with Crippen molar-refractivity contribution in [2.24, 2.45) is 5.14 Å². The van der Waals surface area contributed by atoms with Crippen molar-refractivity contribution < 1.29 is 13.2 Å². The van der Waals surface area contributed by atoms with E-state index in [-0.39, 0.29) is 17.3 Å². The SMILES string of the molecule is CNC1CCN(CCOc2ccc(S(N)(=O)=O)cc2)CC1.Cl. The molecule has 1 fully saturated rings. The largest absolute Gasteiger partial charge is 0.492 e. The minimum Gasteiger partial charge on any atom is -0.492 e. The molecule has 0 saturated carbocycles. The molecule has 0 amide bonds. The second-order valence-corrected chi connectivity index (χ2v) is 6.83. The average Bonchev–Trinajstić information content (AvgIpc) is 2.47. The highest BCUT2D eigenvalue weighted by atomic mass is 35.5. The van der Waals surface area contributed by atoms with Crippen LogP contribution >= 0.6 is 12.4 Å². The van der Waals surface area contributed by atoms with Gasteiger partial charge in [-0.2, -0.15) is 0 Å². The van der Waals surface area contributed by atoms with Gasteiger partial charge in [0.2, 0.25) is 10.0 Å². The minimum absolute atomic E-state index is 0. The first kappa shape index (κ1) is 19.2. The highest BCUT2D eigenvalue weighted by Gasteiger charge is 2.17. The number of nitrogens with one attached hydrogen (secondary N) is 1. The number of rotatable bonds is 6. The Bertz CT molecular complexity index is 543. The van der Waals surface area contributed by atoms with Gasteiger partial charge < -0.3 is 10.1 Å². The van der Waals surface area contributed by atoms with Gasteiger partial charge in [-0.25, -0.2) is 13.6 Å². The topological polar surface area (TPSA) is 84.7 Å². The van der Waals surface area contributed by atoms with E-state index in [2.05, 4.69) is 10.2 Å². The number of sulfonamides is 1. The van der Waals surface area contributed by atoms with Crippen LogP contribution < -0.4 is 15.2 Å². The third-order valence-electron chi connectivity index (χ3n) is 3.82. The average molecular weight is 350 g/mol. The normalized spacial score (nSPS) is 17.0. The lowest BCUT2D eigenvalue weighted by atomic mass is 10.1. The van der Waals surface area contributed by atoms with Crippen LogP contribution in [0.15, 0.2) is 29.2 Å². The lowest BCUT2D eigenvalue weighted by Gasteiger charge is -2.31. The van der Waals surface area contributed by atoms with Crippen molar-refractivity contribution in [3.8, 4) is 5.75 Å². The van der Waals surface area contributed by atoms with Crippen LogP contribution in [-0.4, -0.2) is 52.6 Å². The van der Waals surface area contributed by atoms with Crippen molar-refractivity contribution in [1.29, 1.82) is 0 Å². The van der Waals surface area contributed by atoms with E-state index in [0.29, 0.717) is 18.4 Å². The van der Waals surface area contributed by atoms with Crippen molar-refractivity contribution in [3.63, 3.8) is 0 Å². The van der Waals surface area contributed by atoms with Crippen LogP contribution in [0.2, 0.25) is 0 Å². The summed E-state index contributed by atoms with van der Waals surface area (Å²) >= 11 is 0. The third kappa shape index (κ3) is 5.73. The van der Waals surface area contributed by atoms with Gasteiger partial charge in [0.25, 0.3) is 0 Å². The number of hydrogen-bond acceptors (Lipinski definition) is 5. The maximum absolute atomic E-state index is 11.1. The first-order valence-corrected chi connectivity index (χ1v) is 8.69. The van der Waals surface area contributed by atoms with Crippen LogP contribution in [0.1, 0.15) is 12.8 Å². The van der Waals surface area contributed by atoms with Crippen LogP contribution in [0.25, 0.3) is 0 Å². The second kappa shape index (κ2) is 8.69. The van der Waals surface area contributed by atoms with Gasteiger partial charge in [0.05, 0.1) is 4.90 Å². The highest BCUT2D eigenvalue weighted by molar-refractivity contribution is 7.89. The number of halogens is 1. The maximum atomic E-state index is 11.1. The van der Waals surface area contributed by atoms with E-state index in [1.54, 1.807) is 12.1 Å². The Balaban J connectivity index is 0.00000242. The molecular weight excluding hydrogens is 326 g/mol. The molecule has 2 rings (SSSR count). The van der Waals surface area contributed by atoms with Gasteiger partial charge >= 0.3 is 0 Å². The summed E-state index contributed by atoms with van der Waals surface area (Å²) < 4.78 is 27.9. The van der Waals surface area contributed by atoms with Crippen LogP contribution in [0.3, 0.4) is 0 Å². The molecule has 1 aliphatic heterocycles. The molecule has 6 nitrogen and oxygen atoms in total. The lowest BCUT2D eigenvalue weighted by Crippen LogP contribution is -2.42. The van der Waals surface area contributed by atoms with Crippen molar-refractivity contribution in [3.05, 3.63) is 24.3 Å². The molecule has 126 valence electrons. The van der Waals surface area contributed by atoms with Gasteiger partial charge in [0.1, 0.15) is 12.4 Å². The van der Waals surface area contributed by atoms with E-state index in [9.17, 15) is 8.42 Å². The van der Waals surface area contributed by atoms with Gasteiger partial charge in [-0.1, -0.05) is 0 Å². The minimum atomic E-state index is -3.63. The maximum Gasteiger partial charge on any atom is 0.238 e. The molecule has 1 heterocycles. The molecule has 1 aliphatic rings. The van der Waals surface area contributed by atoms with E-state index in [1.165, 1.54) is 25.0 Å². The van der Waals surface area contributed by atoms with Crippen LogP contribution in [0, 0.1) is 0 Å². The molecular formula is C14H24ClN3O3S.